The van der Waals surface area contributed by atoms with Crippen LogP contribution in [0, 0.1) is 23.7 Å². The molecule has 15 heteroatoms. The van der Waals surface area contributed by atoms with Gasteiger partial charge in [-0.15, -0.1) is 0 Å². The van der Waals surface area contributed by atoms with Crippen LogP contribution in [-0.2, 0) is 44.5 Å². The third kappa shape index (κ3) is 10.9. The highest BCUT2D eigenvalue weighted by Gasteiger charge is 2.54. The molecule has 0 bridgehead atoms. The molecule has 6 rings (SSSR count). The van der Waals surface area contributed by atoms with Crippen molar-refractivity contribution in [3.8, 4) is 0 Å². The van der Waals surface area contributed by atoms with Gasteiger partial charge in [-0.05, 0) is 84.1 Å². The summed E-state index contributed by atoms with van der Waals surface area (Å²) in [6, 6.07) is 8.32. The number of aliphatic hydroxyl groups is 2. The number of nitrogens with zero attached hydrogens (tertiary/aromatic N) is 4. The van der Waals surface area contributed by atoms with Crippen LogP contribution in [0.2, 0.25) is 0 Å². The maximum absolute atomic E-state index is 15.0. The number of nitrogens with one attached hydrogen (secondary N) is 1. The van der Waals surface area contributed by atoms with Gasteiger partial charge in [0.2, 0.25) is 17.7 Å². The van der Waals surface area contributed by atoms with E-state index >= 15 is 0 Å². The van der Waals surface area contributed by atoms with E-state index in [2.05, 4.69) is 5.32 Å². The van der Waals surface area contributed by atoms with E-state index in [1.165, 1.54) is 0 Å². The molecule has 354 valence electrons. The Hall–Kier alpha value is -3.34. The number of rotatable bonds is 8. The minimum atomic E-state index is -1.54. The Balaban J connectivity index is 1.43. The number of hydrogen-bond donors (Lipinski definition) is 3. The summed E-state index contributed by atoms with van der Waals surface area (Å²) in [7, 11) is 5.30. The maximum atomic E-state index is 15.0. The number of amides is 3. The van der Waals surface area contributed by atoms with Crippen LogP contribution in [-0.4, -0.2) is 161 Å². The normalized spacial score (nSPS) is 41.7. The Labute approximate surface area is 375 Å². The van der Waals surface area contributed by atoms with Crippen LogP contribution >= 0.6 is 0 Å². The van der Waals surface area contributed by atoms with Crippen molar-refractivity contribution in [2.24, 2.45) is 28.7 Å². The molecule has 5 fully saturated rings. The summed E-state index contributed by atoms with van der Waals surface area (Å²) in [6.07, 6.45) is -1.52. The molecule has 4 aliphatic heterocycles. The van der Waals surface area contributed by atoms with Crippen LogP contribution in [0.4, 0.5) is 0 Å². The molecule has 0 unspecified atom stereocenters. The van der Waals surface area contributed by atoms with Crippen LogP contribution < -0.4 is 5.32 Å². The highest BCUT2D eigenvalue weighted by atomic mass is 16.7. The molecule has 1 saturated carbocycles. The molecule has 0 radical (unpaired) electrons. The number of fused-ring (bicyclic) bond motifs is 2. The number of aliphatic imine (C=N–C) groups is 1. The van der Waals surface area contributed by atoms with Crippen LogP contribution in [0.5, 0.6) is 0 Å². The van der Waals surface area contributed by atoms with E-state index in [0.29, 0.717) is 51.2 Å². The summed E-state index contributed by atoms with van der Waals surface area (Å²) >= 11 is 0. The number of carbonyl (C=O) groups excluding carboxylic acids is 3. The van der Waals surface area contributed by atoms with Crippen LogP contribution in [0.15, 0.2) is 35.3 Å². The molecule has 3 amide bonds. The first-order chi connectivity index (χ1) is 29.6. The number of aliphatic hydroxyl groups excluding tert-OH is 1. The van der Waals surface area contributed by atoms with Gasteiger partial charge in [-0.1, -0.05) is 58.0 Å². The number of benzene rings is 1. The van der Waals surface area contributed by atoms with Crippen molar-refractivity contribution in [2.75, 3.05) is 34.3 Å². The Kier molecular flexibility index (Phi) is 15.6. The van der Waals surface area contributed by atoms with E-state index in [0.717, 1.165) is 5.56 Å². The van der Waals surface area contributed by atoms with E-state index in [1.807, 2.05) is 90.7 Å². The third-order valence-electron chi connectivity index (χ3n) is 14.5. The molecule has 0 aromatic heterocycles. The number of likely N-dealkylation sites (N-methyl/N-ethyl adjacent to an activating group) is 2. The van der Waals surface area contributed by atoms with Gasteiger partial charge in [0.05, 0.1) is 53.7 Å². The molecular formula is C48H77N5O10. The van der Waals surface area contributed by atoms with Crippen LogP contribution in [0.25, 0.3) is 0 Å². The average Bonchev–Trinajstić information content (AvgIpc) is 3.83. The molecule has 16 atom stereocenters. The summed E-state index contributed by atoms with van der Waals surface area (Å²) in [5.74, 6) is -2.79. The summed E-state index contributed by atoms with van der Waals surface area (Å²) < 4.78 is 33.3. The standard InChI is InChI=1S/C48H77N5O10/c1-27(2)49-46-52(11)37-22-30(5)60-45(39(37)62-46)63-41-31(6)38(61-34-21-29(4)40(54)48(9,25-34)59-12)32(7)42(55)50-35(23-33-17-14-13-15-18-33)43(56)53-20-16-19-36(53)44(57)51(10)26-28(3)24-47(41,8)58/h13-15,17-18,27-32,34-41,45,54,58H,16,19-26H2,1-12H3,(H,50,55)/b49-46+/t28-,29-,30-,31+,32-,34-,35+,36+,37+,38+,39-,40+,41-,45+,47-,48-/m1/s1. The number of ether oxygens (including phenoxy) is 5. The minimum Gasteiger partial charge on any atom is -0.454 e. The van der Waals surface area contributed by atoms with Crippen molar-refractivity contribution in [1.29, 1.82) is 0 Å². The molecule has 1 aliphatic carbocycles. The Morgan fingerprint density at radius 3 is 2.35 bits per heavy atom. The zero-order valence-corrected chi connectivity index (χ0v) is 39.9. The third-order valence-corrected chi connectivity index (χ3v) is 14.5. The lowest BCUT2D eigenvalue weighted by Crippen LogP contribution is -2.60. The predicted octanol–water partition coefficient (Wildman–Crippen LogP) is 4.16. The zero-order chi connectivity index (χ0) is 46.1. The lowest BCUT2D eigenvalue weighted by Gasteiger charge is -2.48. The van der Waals surface area contributed by atoms with Crippen molar-refractivity contribution in [2.45, 2.75) is 186 Å². The molecule has 3 N–H and O–H groups in total. The predicted molar refractivity (Wildman–Crippen MR) is 238 cm³/mol. The van der Waals surface area contributed by atoms with Gasteiger partial charge in [-0.2, -0.15) is 0 Å². The summed E-state index contributed by atoms with van der Waals surface area (Å²) in [5.41, 5.74) is -1.58. The fourth-order valence-electron chi connectivity index (χ4n) is 11.2. The zero-order valence-electron chi connectivity index (χ0n) is 39.9. The average molecular weight is 884 g/mol. The smallest absolute Gasteiger partial charge is 0.288 e. The monoisotopic (exact) mass is 884 g/mol. The van der Waals surface area contributed by atoms with Gasteiger partial charge in [0, 0.05) is 59.1 Å². The lowest BCUT2D eigenvalue weighted by atomic mass is 9.74. The van der Waals surface area contributed by atoms with Gasteiger partial charge in [0.25, 0.3) is 6.02 Å². The van der Waals surface area contributed by atoms with Crippen LogP contribution in [0.3, 0.4) is 0 Å². The Morgan fingerprint density at radius 1 is 0.984 bits per heavy atom. The van der Waals surface area contributed by atoms with Crippen molar-refractivity contribution in [3.05, 3.63) is 35.9 Å². The van der Waals surface area contributed by atoms with Crippen LogP contribution in [0.1, 0.15) is 106 Å². The highest BCUT2D eigenvalue weighted by Crippen LogP contribution is 2.42. The molecule has 63 heavy (non-hydrogen) atoms. The van der Waals surface area contributed by atoms with Crippen molar-refractivity contribution >= 4 is 23.7 Å². The van der Waals surface area contributed by atoms with E-state index < -0.39 is 77.8 Å². The highest BCUT2D eigenvalue weighted by molar-refractivity contribution is 5.93. The first-order valence-electron chi connectivity index (χ1n) is 23.4. The summed E-state index contributed by atoms with van der Waals surface area (Å²) in [6.45, 7) is 18.0. The summed E-state index contributed by atoms with van der Waals surface area (Å²) in [5, 5.41) is 27.3. The SMILES string of the molecule is CO[C@]1(C)C[C@H](O[C@H]2[C@H](C)[C@@H](O[C@@H]3O[C@H](C)C[C@H]4[C@H]3O/C(=N/C(C)C)N4C)[C@](C)(O)C[C@@H](C)CN(C)C(=O)[C@@H]3CCCN3C(=O)[C@H](Cc3ccccc3)NC(=O)[C@@H]2C)C[C@@H](C)[C@@H]1O. The van der Waals surface area contributed by atoms with Gasteiger partial charge >= 0.3 is 0 Å². The molecule has 15 nitrogen and oxygen atoms in total. The molecule has 4 heterocycles. The van der Waals surface area contributed by atoms with Gasteiger partial charge in [-0.25, -0.2) is 4.99 Å². The number of amidine groups is 1. The largest absolute Gasteiger partial charge is 0.454 e. The fourth-order valence-corrected chi connectivity index (χ4v) is 11.2. The van der Waals surface area contributed by atoms with Gasteiger partial charge in [-0.3, -0.25) is 14.4 Å². The minimum absolute atomic E-state index is 0.00546. The van der Waals surface area contributed by atoms with E-state index in [-0.39, 0.29) is 54.7 Å². The number of hydrogen-bond acceptors (Lipinski definition) is 11. The maximum Gasteiger partial charge on any atom is 0.288 e. The summed E-state index contributed by atoms with van der Waals surface area (Å²) in [4.78, 5) is 53.9. The van der Waals surface area contributed by atoms with Crippen molar-refractivity contribution < 1.29 is 48.3 Å². The van der Waals surface area contributed by atoms with Crippen molar-refractivity contribution in [1.82, 2.24) is 20.0 Å². The van der Waals surface area contributed by atoms with Gasteiger partial charge in [0.15, 0.2) is 12.4 Å². The Bertz CT molecular complexity index is 1770. The van der Waals surface area contributed by atoms with E-state index in [1.54, 1.807) is 37.8 Å². The number of methoxy groups -OCH3 is 1. The second-order valence-electron chi connectivity index (χ2n) is 20.4. The molecular weight excluding hydrogens is 807 g/mol. The molecule has 5 aliphatic rings. The topological polar surface area (TPSA) is 172 Å². The molecule has 4 saturated heterocycles. The fraction of sp³-hybridized carbons (Fsp3) is 0.792. The van der Waals surface area contributed by atoms with Gasteiger partial charge < -0.3 is 53.9 Å². The first kappa shape index (κ1) is 49.1. The van der Waals surface area contributed by atoms with E-state index in [9.17, 15) is 24.6 Å². The molecule has 1 aromatic carbocycles. The first-order valence-corrected chi connectivity index (χ1v) is 23.4. The molecule has 1 aromatic rings. The quantitative estimate of drug-likeness (QED) is 0.343. The second-order valence-corrected chi connectivity index (χ2v) is 20.4. The van der Waals surface area contributed by atoms with Crippen molar-refractivity contribution in [3.63, 3.8) is 0 Å². The lowest BCUT2D eigenvalue weighted by molar-refractivity contribution is -0.291. The van der Waals surface area contributed by atoms with Gasteiger partial charge in [0.1, 0.15) is 12.1 Å². The molecule has 0 spiro atoms. The van der Waals surface area contributed by atoms with E-state index in [4.69, 9.17) is 28.7 Å². The number of carbonyl (C=O) groups is 3. The Morgan fingerprint density at radius 2 is 1.68 bits per heavy atom. The second kappa shape index (κ2) is 20.0.